The summed E-state index contributed by atoms with van der Waals surface area (Å²) < 4.78 is 13.3. The summed E-state index contributed by atoms with van der Waals surface area (Å²) >= 11 is 1.96. The Balaban J connectivity index is 1.38. The number of nitrogens with one attached hydrogen (secondary N) is 2. The second kappa shape index (κ2) is 9.58. The number of halogens is 1. The van der Waals surface area contributed by atoms with Crippen LogP contribution in [0.4, 0.5) is 21.7 Å². The number of rotatable bonds is 6. The van der Waals surface area contributed by atoms with E-state index in [1.54, 1.807) is 18.5 Å². The van der Waals surface area contributed by atoms with Crippen molar-refractivity contribution in [2.75, 3.05) is 40.1 Å². The maximum atomic E-state index is 13.3. The zero-order valence-electron chi connectivity index (χ0n) is 16.3. The maximum absolute atomic E-state index is 13.3. The first-order valence-corrected chi connectivity index (χ1v) is 10.9. The van der Waals surface area contributed by atoms with Gasteiger partial charge in [-0.25, -0.2) is 14.4 Å². The molecule has 30 heavy (non-hydrogen) atoms. The fraction of sp³-hybridized carbons (Fsp3) is 0.227. The van der Waals surface area contributed by atoms with Gasteiger partial charge < -0.3 is 15.5 Å². The first-order chi connectivity index (χ1) is 14.7. The highest BCUT2D eigenvalue weighted by molar-refractivity contribution is 7.99. The molecule has 0 saturated carbocycles. The molecule has 1 fully saturated rings. The lowest BCUT2D eigenvalue weighted by Crippen LogP contribution is -2.33. The summed E-state index contributed by atoms with van der Waals surface area (Å²) in [5.74, 6) is 3.13. The van der Waals surface area contributed by atoms with Crippen LogP contribution >= 0.6 is 11.8 Å². The van der Waals surface area contributed by atoms with E-state index in [0.717, 1.165) is 41.8 Å². The summed E-state index contributed by atoms with van der Waals surface area (Å²) in [7, 11) is 0. The van der Waals surface area contributed by atoms with Crippen LogP contribution in [0.3, 0.4) is 0 Å². The summed E-state index contributed by atoms with van der Waals surface area (Å²) in [6.07, 6.45) is 1.58. The minimum atomic E-state index is -0.437. The van der Waals surface area contributed by atoms with Crippen LogP contribution in [0, 0.1) is 5.82 Å². The molecule has 154 valence electrons. The van der Waals surface area contributed by atoms with E-state index in [-0.39, 0.29) is 11.5 Å². The van der Waals surface area contributed by atoms with Crippen molar-refractivity contribution in [3.63, 3.8) is 0 Å². The number of nitrogens with zero attached hydrogens (tertiary/aromatic N) is 3. The van der Waals surface area contributed by atoms with Gasteiger partial charge in [-0.15, -0.1) is 0 Å². The molecule has 1 saturated heterocycles. The van der Waals surface area contributed by atoms with Gasteiger partial charge in [0, 0.05) is 48.5 Å². The number of aromatic nitrogens is 2. The van der Waals surface area contributed by atoms with Crippen molar-refractivity contribution in [1.82, 2.24) is 9.97 Å². The van der Waals surface area contributed by atoms with E-state index in [4.69, 9.17) is 0 Å². The molecule has 2 heterocycles. The largest absolute Gasteiger partial charge is 0.366 e. The number of carbonyl (C=O) groups is 1. The molecular weight excluding hydrogens is 401 g/mol. The summed E-state index contributed by atoms with van der Waals surface area (Å²) in [5.41, 5.74) is 1.92. The van der Waals surface area contributed by atoms with Crippen LogP contribution < -0.4 is 15.5 Å². The fourth-order valence-corrected chi connectivity index (χ4v) is 4.10. The number of hydrogen-bond acceptors (Lipinski definition) is 6. The van der Waals surface area contributed by atoms with Gasteiger partial charge in [-0.05, 0) is 35.9 Å². The third-order valence-electron chi connectivity index (χ3n) is 4.73. The molecule has 6 nitrogen and oxygen atoms in total. The quantitative estimate of drug-likeness (QED) is 0.624. The number of amides is 1. The molecule has 1 aliphatic rings. The average molecular weight is 424 g/mol. The van der Waals surface area contributed by atoms with Crippen molar-refractivity contribution < 1.29 is 9.18 Å². The number of anilines is 3. The Bertz CT molecular complexity index is 1030. The van der Waals surface area contributed by atoms with E-state index in [0.29, 0.717) is 12.2 Å². The van der Waals surface area contributed by atoms with Gasteiger partial charge in [0.1, 0.15) is 23.8 Å². The molecular formula is C22H22FN5OS. The van der Waals surface area contributed by atoms with Crippen LogP contribution in [0.5, 0.6) is 0 Å². The SMILES string of the molecule is O=C(Nc1cccc(CNc2cc(N3CCSCC3)ncn2)c1)c1cccc(F)c1. The summed E-state index contributed by atoms with van der Waals surface area (Å²) in [6.45, 7) is 2.54. The van der Waals surface area contributed by atoms with Gasteiger partial charge in [0.05, 0.1) is 0 Å². The van der Waals surface area contributed by atoms with Gasteiger partial charge in [-0.3, -0.25) is 4.79 Å². The second-order valence-electron chi connectivity index (χ2n) is 6.88. The van der Waals surface area contributed by atoms with E-state index in [1.807, 2.05) is 36.0 Å². The number of hydrogen-bond donors (Lipinski definition) is 2. The number of carbonyl (C=O) groups excluding carboxylic acids is 1. The van der Waals surface area contributed by atoms with Crippen LogP contribution in [0.2, 0.25) is 0 Å². The second-order valence-corrected chi connectivity index (χ2v) is 8.10. The van der Waals surface area contributed by atoms with Crippen molar-refractivity contribution in [3.05, 3.63) is 77.9 Å². The molecule has 1 aliphatic heterocycles. The summed E-state index contributed by atoms with van der Waals surface area (Å²) in [5, 5.41) is 6.12. The number of benzene rings is 2. The molecule has 0 atom stereocenters. The number of thioether (sulfide) groups is 1. The Labute approximate surface area is 178 Å². The monoisotopic (exact) mass is 423 g/mol. The van der Waals surface area contributed by atoms with Crippen molar-refractivity contribution in [2.24, 2.45) is 0 Å². The molecule has 0 bridgehead atoms. The lowest BCUT2D eigenvalue weighted by molar-refractivity contribution is 0.102. The molecule has 1 aromatic heterocycles. The third kappa shape index (κ3) is 5.27. The smallest absolute Gasteiger partial charge is 0.255 e. The molecule has 3 aromatic rings. The topological polar surface area (TPSA) is 70.2 Å². The Morgan fingerprint density at radius 2 is 1.90 bits per heavy atom. The van der Waals surface area contributed by atoms with Crippen molar-refractivity contribution in [1.29, 1.82) is 0 Å². The predicted molar refractivity (Wildman–Crippen MR) is 120 cm³/mol. The Morgan fingerprint density at radius 3 is 2.73 bits per heavy atom. The molecule has 0 unspecified atom stereocenters. The first-order valence-electron chi connectivity index (χ1n) is 9.72. The van der Waals surface area contributed by atoms with Gasteiger partial charge >= 0.3 is 0 Å². The van der Waals surface area contributed by atoms with Crippen LogP contribution in [-0.2, 0) is 6.54 Å². The predicted octanol–water partition coefficient (Wildman–Crippen LogP) is 4.03. The van der Waals surface area contributed by atoms with Crippen LogP contribution in [0.1, 0.15) is 15.9 Å². The molecule has 4 rings (SSSR count). The van der Waals surface area contributed by atoms with Crippen LogP contribution in [0.15, 0.2) is 60.9 Å². The van der Waals surface area contributed by atoms with E-state index in [9.17, 15) is 9.18 Å². The van der Waals surface area contributed by atoms with Crippen molar-refractivity contribution in [2.45, 2.75) is 6.54 Å². The molecule has 2 aromatic carbocycles. The van der Waals surface area contributed by atoms with Gasteiger partial charge in [0.15, 0.2) is 0 Å². The van der Waals surface area contributed by atoms with E-state index >= 15 is 0 Å². The molecule has 1 amide bonds. The van der Waals surface area contributed by atoms with E-state index in [1.165, 1.54) is 18.2 Å². The van der Waals surface area contributed by atoms with Crippen molar-refractivity contribution >= 4 is 35.0 Å². The van der Waals surface area contributed by atoms with Gasteiger partial charge in [0.2, 0.25) is 0 Å². The van der Waals surface area contributed by atoms with Gasteiger partial charge in [0.25, 0.3) is 5.91 Å². The van der Waals surface area contributed by atoms with Crippen LogP contribution in [0.25, 0.3) is 0 Å². The van der Waals surface area contributed by atoms with Gasteiger partial charge in [-0.1, -0.05) is 18.2 Å². The normalized spacial score (nSPS) is 13.7. The molecule has 0 radical (unpaired) electrons. The lowest BCUT2D eigenvalue weighted by Gasteiger charge is -2.27. The minimum absolute atomic E-state index is 0.281. The molecule has 0 aliphatic carbocycles. The molecule has 0 spiro atoms. The Kier molecular flexibility index (Phi) is 6.44. The zero-order valence-corrected chi connectivity index (χ0v) is 17.2. The molecule has 8 heteroatoms. The maximum Gasteiger partial charge on any atom is 0.255 e. The summed E-state index contributed by atoms with van der Waals surface area (Å²) in [4.78, 5) is 23.3. The highest BCUT2D eigenvalue weighted by atomic mass is 32.2. The minimum Gasteiger partial charge on any atom is -0.366 e. The lowest BCUT2D eigenvalue weighted by atomic mass is 10.1. The first kappa shape index (κ1) is 20.2. The Hall–Kier alpha value is -3.13. The highest BCUT2D eigenvalue weighted by Gasteiger charge is 2.13. The Morgan fingerprint density at radius 1 is 1.07 bits per heavy atom. The average Bonchev–Trinajstić information content (AvgIpc) is 2.79. The fourth-order valence-electron chi connectivity index (χ4n) is 3.19. The zero-order chi connectivity index (χ0) is 20.8. The third-order valence-corrected chi connectivity index (χ3v) is 5.68. The van der Waals surface area contributed by atoms with Gasteiger partial charge in [-0.2, -0.15) is 11.8 Å². The highest BCUT2D eigenvalue weighted by Crippen LogP contribution is 2.20. The van der Waals surface area contributed by atoms with E-state index < -0.39 is 5.82 Å². The van der Waals surface area contributed by atoms with Crippen molar-refractivity contribution in [3.8, 4) is 0 Å². The van der Waals surface area contributed by atoms with E-state index in [2.05, 4.69) is 25.5 Å². The van der Waals surface area contributed by atoms with Crippen LogP contribution in [-0.4, -0.2) is 40.5 Å². The summed E-state index contributed by atoms with van der Waals surface area (Å²) in [6, 6.07) is 15.1. The standard InChI is InChI=1S/C22H22FN5OS/c23-18-5-2-4-17(12-18)22(29)27-19-6-1-3-16(11-19)14-24-20-13-21(26-15-25-20)28-7-9-30-10-8-28/h1-6,11-13,15H,7-10,14H2,(H,27,29)(H,24,25,26). The molecule has 2 N–H and O–H groups in total.